The summed E-state index contributed by atoms with van der Waals surface area (Å²) in [5.41, 5.74) is 1.58. The normalized spacial score (nSPS) is 10.5. The van der Waals surface area contributed by atoms with E-state index in [9.17, 15) is 9.90 Å². The lowest BCUT2D eigenvalue weighted by Crippen LogP contribution is -2.25. The van der Waals surface area contributed by atoms with E-state index in [1.54, 1.807) is 30.3 Å². The van der Waals surface area contributed by atoms with Crippen molar-refractivity contribution in [3.63, 3.8) is 0 Å². The predicted octanol–water partition coefficient (Wildman–Crippen LogP) is 4.59. The van der Waals surface area contributed by atoms with Crippen molar-refractivity contribution in [3.05, 3.63) is 58.6 Å². The van der Waals surface area contributed by atoms with Gasteiger partial charge in [-0.25, -0.2) is 0 Å². The Labute approximate surface area is 153 Å². The molecule has 0 aromatic heterocycles. The fraction of sp³-hybridized carbons (Fsp3) is 0.350. The van der Waals surface area contributed by atoms with Gasteiger partial charge in [-0.2, -0.15) is 0 Å². The van der Waals surface area contributed by atoms with Crippen molar-refractivity contribution < 1.29 is 14.6 Å². The van der Waals surface area contributed by atoms with E-state index in [0.29, 0.717) is 35.9 Å². The molecular weight excluding hydrogens is 338 g/mol. The van der Waals surface area contributed by atoms with Gasteiger partial charge in [-0.15, -0.1) is 0 Å². The van der Waals surface area contributed by atoms with E-state index in [-0.39, 0.29) is 11.7 Å². The first-order valence-corrected chi connectivity index (χ1v) is 8.96. The van der Waals surface area contributed by atoms with Crippen LogP contribution in [-0.4, -0.2) is 24.2 Å². The minimum Gasteiger partial charge on any atom is -0.508 e. The Bertz CT molecular complexity index is 686. The zero-order valence-corrected chi connectivity index (χ0v) is 15.2. The number of aromatic hydroxyl groups is 1. The fourth-order valence-electron chi connectivity index (χ4n) is 2.37. The molecule has 0 radical (unpaired) electrons. The minimum absolute atomic E-state index is 0.158. The lowest BCUT2D eigenvalue weighted by Gasteiger charge is -2.10. The van der Waals surface area contributed by atoms with Crippen molar-refractivity contribution in [3.8, 4) is 11.5 Å². The van der Waals surface area contributed by atoms with Crippen molar-refractivity contribution in [1.82, 2.24) is 5.32 Å². The highest BCUT2D eigenvalue weighted by molar-refractivity contribution is 6.32. The second-order valence-electron chi connectivity index (χ2n) is 5.87. The lowest BCUT2D eigenvalue weighted by atomic mass is 10.1. The van der Waals surface area contributed by atoms with Crippen molar-refractivity contribution in [2.24, 2.45) is 0 Å². The summed E-state index contributed by atoms with van der Waals surface area (Å²) in [5, 5.41) is 12.7. The van der Waals surface area contributed by atoms with Crippen molar-refractivity contribution in [2.75, 3.05) is 13.2 Å². The second kappa shape index (κ2) is 9.94. The smallest absolute Gasteiger partial charge is 0.251 e. The molecule has 0 aliphatic rings. The van der Waals surface area contributed by atoms with E-state index in [4.69, 9.17) is 16.3 Å². The van der Waals surface area contributed by atoms with Crippen LogP contribution in [0.2, 0.25) is 5.02 Å². The maximum atomic E-state index is 12.3. The van der Waals surface area contributed by atoms with Gasteiger partial charge in [0.15, 0.2) is 0 Å². The number of unbranched alkanes of at least 4 members (excludes halogenated alkanes) is 2. The summed E-state index contributed by atoms with van der Waals surface area (Å²) in [6, 6.07) is 12.0. The number of phenolic OH excluding ortho intramolecular Hbond substituents is 1. The highest BCUT2D eigenvalue weighted by atomic mass is 35.5. The Morgan fingerprint density at radius 1 is 1.16 bits per heavy atom. The molecule has 0 unspecified atom stereocenters. The molecule has 0 fully saturated rings. The molecule has 2 aromatic rings. The molecule has 0 saturated heterocycles. The van der Waals surface area contributed by atoms with Crippen LogP contribution in [0.3, 0.4) is 0 Å². The third kappa shape index (κ3) is 6.31. The molecule has 25 heavy (non-hydrogen) atoms. The van der Waals surface area contributed by atoms with Crippen molar-refractivity contribution in [2.45, 2.75) is 32.6 Å². The number of halogens is 1. The molecule has 5 heteroatoms. The number of hydrogen-bond donors (Lipinski definition) is 2. The highest BCUT2D eigenvalue weighted by Crippen LogP contribution is 2.26. The third-order valence-corrected chi connectivity index (χ3v) is 4.15. The summed E-state index contributed by atoms with van der Waals surface area (Å²) in [6.45, 7) is 3.24. The molecule has 4 nitrogen and oxygen atoms in total. The Balaban J connectivity index is 1.86. The molecule has 2 aromatic carbocycles. The van der Waals surface area contributed by atoms with Crippen molar-refractivity contribution in [1.29, 1.82) is 0 Å². The molecule has 134 valence electrons. The largest absolute Gasteiger partial charge is 0.508 e. The van der Waals surface area contributed by atoms with Gasteiger partial charge in [0.25, 0.3) is 5.91 Å². The summed E-state index contributed by atoms with van der Waals surface area (Å²) in [4.78, 5) is 12.3. The predicted molar refractivity (Wildman–Crippen MR) is 101 cm³/mol. The van der Waals surface area contributed by atoms with E-state index in [1.807, 2.05) is 12.1 Å². The van der Waals surface area contributed by atoms with Crippen molar-refractivity contribution >= 4 is 17.5 Å². The topological polar surface area (TPSA) is 58.6 Å². The second-order valence-corrected chi connectivity index (χ2v) is 6.28. The monoisotopic (exact) mass is 361 g/mol. The van der Waals surface area contributed by atoms with Gasteiger partial charge >= 0.3 is 0 Å². The number of hydrogen-bond acceptors (Lipinski definition) is 3. The molecule has 0 aliphatic carbocycles. The van der Waals surface area contributed by atoms with E-state index in [0.717, 1.165) is 24.8 Å². The molecule has 2 rings (SSSR count). The number of nitrogens with one attached hydrogen (secondary N) is 1. The number of ether oxygens (including phenoxy) is 1. The molecule has 1 amide bonds. The van der Waals surface area contributed by atoms with Crippen LogP contribution in [0.15, 0.2) is 42.5 Å². The van der Waals surface area contributed by atoms with Gasteiger partial charge in [0.2, 0.25) is 0 Å². The van der Waals surface area contributed by atoms with Gasteiger partial charge in [0.1, 0.15) is 11.5 Å². The van der Waals surface area contributed by atoms with E-state index >= 15 is 0 Å². The Hall–Kier alpha value is -2.20. The van der Waals surface area contributed by atoms with Crippen LogP contribution in [0.5, 0.6) is 11.5 Å². The molecule has 0 spiro atoms. The summed E-state index contributed by atoms with van der Waals surface area (Å²) >= 11 is 6.13. The number of carbonyl (C=O) groups is 1. The maximum absolute atomic E-state index is 12.3. The lowest BCUT2D eigenvalue weighted by molar-refractivity contribution is 0.0953. The molecule has 0 bridgehead atoms. The third-order valence-electron chi connectivity index (χ3n) is 3.83. The average molecular weight is 362 g/mol. The number of rotatable bonds is 9. The van der Waals surface area contributed by atoms with Gasteiger partial charge in [0, 0.05) is 12.1 Å². The molecule has 0 aliphatic heterocycles. The average Bonchev–Trinajstić information content (AvgIpc) is 2.61. The number of amides is 1. The Morgan fingerprint density at radius 3 is 2.64 bits per heavy atom. The van der Waals surface area contributed by atoms with E-state index in [2.05, 4.69) is 12.2 Å². The van der Waals surface area contributed by atoms with Crippen LogP contribution >= 0.6 is 11.6 Å². The van der Waals surface area contributed by atoms with Crippen LogP contribution in [0.4, 0.5) is 0 Å². The molecular formula is C20H24ClNO3. The SMILES string of the molecule is CCCCCOc1cc(C(=O)NCCc2ccc(O)cc2)ccc1Cl. The van der Waals surface area contributed by atoms with Crippen LogP contribution < -0.4 is 10.1 Å². The standard InChI is InChI=1S/C20H24ClNO3/c1-2-3-4-13-25-19-14-16(7-10-18(19)21)20(24)22-12-11-15-5-8-17(23)9-6-15/h5-10,14,23H,2-4,11-13H2,1H3,(H,22,24). The fourth-order valence-corrected chi connectivity index (χ4v) is 2.55. The van der Waals surface area contributed by atoms with Gasteiger partial charge in [0.05, 0.1) is 11.6 Å². The molecule has 0 heterocycles. The number of carbonyl (C=O) groups excluding carboxylic acids is 1. The number of phenols is 1. The zero-order valence-electron chi connectivity index (χ0n) is 14.4. The van der Waals surface area contributed by atoms with Gasteiger partial charge < -0.3 is 15.2 Å². The van der Waals surface area contributed by atoms with Crippen LogP contribution in [0.1, 0.15) is 42.1 Å². The quantitative estimate of drug-likeness (QED) is 0.642. The summed E-state index contributed by atoms with van der Waals surface area (Å²) in [6.07, 6.45) is 3.89. The first-order valence-electron chi connectivity index (χ1n) is 8.58. The first kappa shape index (κ1) is 19.1. The highest BCUT2D eigenvalue weighted by Gasteiger charge is 2.09. The van der Waals surface area contributed by atoms with Crippen LogP contribution in [-0.2, 0) is 6.42 Å². The summed E-state index contributed by atoms with van der Waals surface area (Å²) < 4.78 is 5.68. The molecule has 2 N–H and O–H groups in total. The number of benzene rings is 2. The Morgan fingerprint density at radius 2 is 1.92 bits per heavy atom. The minimum atomic E-state index is -0.158. The molecule has 0 atom stereocenters. The van der Waals surface area contributed by atoms with Gasteiger partial charge in [-0.05, 0) is 48.7 Å². The Kier molecular flexibility index (Phi) is 7.61. The van der Waals surface area contributed by atoms with Crippen LogP contribution in [0, 0.1) is 0 Å². The van der Waals surface area contributed by atoms with E-state index < -0.39 is 0 Å². The van der Waals surface area contributed by atoms with E-state index in [1.165, 1.54) is 0 Å². The van der Waals surface area contributed by atoms with Gasteiger partial charge in [-0.3, -0.25) is 4.79 Å². The first-order chi connectivity index (χ1) is 12.1. The van der Waals surface area contributed by atoms with Crippen LogP contribution in [0.25, 0.3) is 0 Å². The summed E-state index contributed by atoms with van der Waals surface area (Å²) in [7, 11) is 0. The zero-order chi connectivity index (χ0) is 18.1. The molecule has 0 saturated carbocycles. The maximum Gasteiger partial charge on any atom is 0.251 e. The summed E-state index contributed by atoms with van der Waals surface area (Å²) in [5.74, 6) is 0.623. The van der Waals surface area contributed by atoms with Gasteiger partial charge in [-0.1, -0.05) is 43.5 Å².